The molecule has 0 saturated heterocycles. The van der Waals surface area contributed by atoms with Crippen LogP contribution in [0, 0.1) is 0 Å². The van der Waals surface area contributed by atoms with Crippen LogP contribution >= 0.6 is 35.4 Å². The number of halogens is 2. The van der Waals surface area contributed by atoms with E-state index in [2.05, 4.69) is 16.0 Å². The zero-order valence-electron chi connectivity index (χ0n) is 16.5. The molecule has 1 heterocycles. The number of benzene rings is 2. The second-order valence-corrected chi connectivity index (χ2v) is 7.75. The Morgan fingerprint density at radius 3 is 2.45 bits per heavy atom. The molecule has 0 aliphatic heterocycles. The molecule has 3 rings (SSSR count). The zero-order valence-corrected chi connectivity index (χ0v) is 18.8. The molecule has 0 aliphatic carbocycles. The molecule has 0 atom stereocenters. The van der Waals surface area contributed by atoms with E-state index in [-0.39, 0.29) is 16.8 Å². The fourth-order valence-electron chi connectivity index (χ4n) is 2.75. The van der Waals surface area contributed by atoms with Gasteiger partial charge in [0.2, 0.25) is 5.91 Å². The number of rotatable bonds is 6. The number of nitrogens with one attached hydrogen (secondary N) is 3. The van der Waals surface area contributed by atoms with Gasteiger partial charge in [0.1, 0.15) is 5.76 Å². The van der Waals surface area contributed by atoms with Crippen LogP contribution in [0.25, 0.3) is 11.3 Å². The molecule has 2 amide bonds. The van der Waals surface area contributed by atoms with Crippen LogP contribution in [0.3, 0.4) is 0 Å². The van der Waals surface area contributed by atoms with Crippen molar-refractivity contribution < 1.29 is 14.0 Å². The van der Waals surface area contributed by atoms with E-state index in [4.69, 9.17) is 39.8 Å². The summed E-state index contributed by atoms with van der Waals surface area (Å²) in [5, 5.41) is 9.09. The molecule has 0 fully saturated rings. The fraction of sp³-hybridized carbons (Fsp3) is 0.136. The number of hydrogen-bond acceptors (Lipinski definition) is 4. The van der Waals surface area contributed by atoms with Gasteiger partial charge in [-0.15, -0.1) is 0 Å². The number of carbonyl (C=O) groups excluding carboxylic acids is 2. The van der Waals surface area contributed by atoms with Crippen molar-refractivity contribution in [3.8, 4) is 11.3 Å². The van der Waals surface area contributed by atoms with Gasteiger partial charge in [0.05, 0.1) is 10.0 Å². The lowest BCUT2D eigenvalue weighted by Gasteiger charge is -2.11. The third-order valence-corrected chi connectivity index (χ3v) is 5.18. The quantitative estimate of drug-likeness (QED) is 0.374. The van der Waals surface area contributed by atoms with E-state index < -0.39 is 5.91 Å². The standard InChI is InChI=1S/C22H19Cl2N3O3S/c1-2-5-19(28)25-13-6-3-7-14(12-13)26-22(31)27-21(29)18-11-10-17(30-18)15-8-4-9-16(23)20(15)24/h3-4,6-12H,2,5H2,1H3,(H,25,28)(H2,26,27,29,31). The summed E-state index contributed by atoms with van der Waals surface area (Å²) < 4.78 is 5.61. The number of anilines is 2. The molecule has 1 aromatic heterocycles. The van der Waals surface area contributed by atoms with Gasteiger partial charge in [-0.3, -0.25) is 14.9 Å². The molecule has 9 heteroatoms. The number of furan rings is 1. The second kappa shape index (κ2) is 10.4. The SMILES string of the molecule is CCCC(=O)Nc1cccc(NC(=S)NC(=O)c2ccc(-c3cccc(Cl)c3Cl)o2)c1. The minimum Gasteiger partial charge on any atom is -0.451 e. The predicted octanol–water partition coefficient (Wildman–Crippen LogP) is 6.12. The zero-order chi connectivity index (χ0) is 22.4. The summed E-state index contributed by atoms with van der Waals surface area (Å²) in [7, 11) is 0. The largest absolute Gasteiger partial charge is 0.451 e. The molecule has 6 nitrogen and oxygen atoms in total. The highest BCUT2D eigenvalue weighted by Crippen LogP contribution is 2.34. The van der Waals surface area contributed by atoms with Crippen molar-refractivity contribution in [2.75, 3.05) is 10.6 Å². The summed E-state index contributed by atoms with van der Waals surface area (Å²) in [6.45, 7) is 1.93. The van der Waals surface area contributed by atoms with Gasteiger partial charge in [-0.2, -0.15) is 0 Å². The third kappa shape index (κ3) is 6.07. The van der Waals surface area contributed by atoms with E-state index in [0.29, 0.717) is 39.2 Å². The smallest absolute Gasteiger partial charge is 0.293 e. The Balaban J connectivity index is 1.63. The molecule has 3 aromatic rings. The molecule has 0 aliphatic rings. The van der Waals surface area contributed by atoms with Crippen LogP contribution in [-0.4, -0.2) is 16.9 Å². The second-order valence-electron chi connectivity index (χ2n) is 6.55. The van der Waals surface area contributed by atoms with Crippen molar-refractivity contribution >= 4 is 63.7 Å². The summed E-state index contributed by atoms with van der Waals surface area (Å²) in [6, 6.07) is 15.3. The molecule has 0 bridgehead atoms. The van der Waals surface area contributed by atoms with Crippen LogP contribution in [0.1, 0.15) is 30.3 Å². The Bertz CT molecular complexity index is 1130. The summed E-state index contributed by atoms with van der Waals surface area (Å²) in [4.78, 5) is 24.2. The molecule has 0 radical (unpaired) electrons. The van der Waals surface area contributed by atoms with Crippen LogP contribution in [0.15, 0.2) is 59.0 Å². The van der Waals surface area contributed by atoms with Crippen molar-refractivity contribution in [1.82, 2.24) is 5.32 Å². The molecule has 3 N–H and O–H groups in total. The maximum atomic E-state index is 12.5. The Morgan fingerprint density at radius 1 is 1.00 bits per heavy atom. The first-order chi connectivity index (χ1) is 14.9. The highest BCUT2D eigenvalue weighted by molar-refractivity contribution is 7.80. The summed E-state index contributed by atoms with van der Waals surface area (Å²) in [5.41, 5.74) is 1.83. The van der Waals surface area contributed by atoms with Crippen molar-refractivity contribution in [2.24, 2.45) is 0 Å². The molecule has 0 saturated carbocycles. The first-order valence-corrected chi connectivity index (χ1v) is 10.6. The van der Waals surface area contributed by atoms with Crippen LogP contribution in [-0.2, 0) is 4.79 Å². The summed E-state index contributed by atoms with van der Waals surface area (Å²) >= 11 is 17.4. The van der Waals surface area contributed by atoms with Crippen LogP contribution in [0.4, 0.5) is 11.4 Å². The predicted molar refractivity (Wildman–Crippen MR) is 128 cm³/mol. The van der Waals surface area contributed by atoms with Gasteiger partial charge < -0.3 is 15.1 Å². The Labute approximate surface area is 194 Å². The first kappa shape index (κ1) is 22.8. The van der Waals surface area contributed by atoms with E-state index in [1.807, 2.05) is 6.92 Å². The lowest BCUT2D eigenvalue weighted by atomic mass is 10.2. The van der Waals surface area contributed by atoms with Crippen LogP contribution in [0.2, 0.25) is 10.0 Å². The lowest BCUT2D eigenvalue weighted by Crippen LogP contribution is -2.33. The minimum absolute atomic E-state index is 0.0655. The van der Waals surface area contributed by atoms with Gasteiger partial charge in [0, 0.05) is 23.4 Å². The molecule has 2 aromatic carbocycles. The van der Waals surface area contributed by atoms with Gasteiger partial charge in [0.15, 0.2) is 10.9 Å². The highest BCUT2D eigenvalue weighted by atomic mass is 35.5. The van der Waals surface area contributed by atoms with Crippen molar-refractivity contribution in [1.29, 1.82) is 0 Å². The van der Waals surface area contributed by atoms with Crippen molar-refractivity contribution in [3.63, 3.8) is 0 Å². The number of carbonyl (C=O) groups is 2. The average molecular weight is 476 g/mol. The first-order valence-electron chi connectivity index (χ1n) is 9.44. The average Bonchev–Trinajstić information content (AvgIpc) is 3.20. The maximum Gasteiger partial charge on any atom is 0.293 e. The van der Waals surface area contributed by atoms with Crippen molar-refractivity contribution in [2.45, 2.75) is 19.8 Å². The van der Waals surface area contributed by atoms with Crippen LogP contribution < -0.4 is 16.0 Å². The molecule has 31 heavy (non-hydrogen) atoms. The summed E-state index contributed by atoms with van der Waals surface area (Å²) in [5.74, 6) is -0.110. The molecular formula is C22H19Cl2N3O3S. The van der Waals surface area contributed by atoms with E-state index in [0.717, 1.165) is 6.42 Å². The lowest BCUT2D eigenvalue weighted by molar-refractivity contribution is -0.116. The Kier molecular flexibility index (Phi) is 7.68. The van der Waals surface area contributed by atoms with Crippen molar-refractivity contribution in [3.05, 3.63) is 70.4 Å². The number of thiocarbonyl (C=S) groups is 1. The van der Waals surface area contributed by atoms with Crippen LogP contribution in [0.5, 0.6) is 0 Å². The van der Waals surface area contributed by atoms with Gasteiger partial charge in [-0.25, -0.2) is 0 Å². The van der Waals surface area contributed by atoms with Gasteiger partial charge in [0.25, 0.3) is 5.91 Å². The third-order valence-electron chi connectivity index (χ3n) is 4.16. The monoisotopic (exact) mass is 475 g/mol. The topological polar surface area (TPSA) is 83.4 Å². The van der Waals surface area contributed by atoms with Gasteiger partial charge in [-0.05, 0) is 61.1 Å². The minimum atomic E-state index is -0.519. The molecular weight excluding hydrogens is 457 g/mol. The number of amides is 2. The van der Waals surface area contributed by atoms with Gasteiger partial charge >= 0.3 is 0 Å². The Morgan fingerprint density at radius 2 is 1.71 bits per heavy atom. The van der Waals surface area contributed by atoms with E-state index in [1.165, 1.54) is 6.07 Å². The molecule has 0 spiro atoms. The van der Waals surface area contributed by atoms with E-state index in [9.17, 15) is 9.59 Å². The summed E-state index contributed by atoms with van der Waals surface area (Å²) in [6.07, 6.45) is 1.20. The van der Waals surface area contributed by atoms with Gasteiger partial charge in [-0.1, -0.05) is 42.3 Å². The molecule has 160 valence electrons. The normalized spacial score (nSPS) is 10.4. The molecule has 0 unspecified atom stereocenters. The number of hydrogen-bond donors (Lipinski definition) is 3. The van der Waals surface area contributed by atoms with E-state index >= 15 is 0 Å². The highest BCUT2D eigenvalue weighted by Gasteiger charge is 2.16. The Hall–Kier alpha value is -2.87. The van der Waals surface area contributed by atoms with E-state index in [1.54, 1.807) is 48.5 Å². The fourth-order valence-corrected chi connectivity index (χ4v) is 3.36. The maximum absolute atomic E-state index is 12.5.